The Morgan fingerprint density at radius 1 is 0.950 bits per heavy atom. The topological polar surface area (TPSA) is 54.4 Å². The number of anilines is 1. The summed E-state index contributed by atoms with van der Waals surface area (Å²) in [5.41, 5.74) is 0.338. The molecule has 40 heavy (non-hydrogen) atoms. The fourth-order valence-corrected chi connectivity index (χ4v) is 5.76. The Bertz CT molecular complexity index is 1490. The van der Waals surface area contributed by atoms with Crippen LogP contribution in [0.15, 0.2) is 36.5 Å². The second kappa shape index (κ2) is 12.6. The summed E-state index contributed by atoms with van der Waals surface area (Å²) in [6, 6.07) is 8.30. The monoisotopic (exact) mass is 569 g/mol. The van der Waals surface area contributed by atoms with Crippen molar-refractivity contribution in [2.75, 3.05) is 39.2 Å². The van der Waals surface area contributed by atoms with Gasteiger partial charge in [0.05, 0.1) is 15.9 Å². The van der Waals surface area contributed by atoms with Gasteiger partial charge in [-0.3, -0.25) is 4.98 Å². The van der Waals surface area contributed by atoms with Crippen molar-refractivity contribution >= 4 is 39.1 Å². The molecule has 0 unspecified atom stereocenters. The Kier molecular flexibility index (Phi) is 9.41. The van der Waals surface area contributed by atoms with Crippen molar-refractivity contribution in [2.45, 2.75) is 58.4 Å². The van der Waals surface area contributed by atoms with Crippen LogP contribution in [0, 0.1) is 11.6 Å². The van der Waals surface area contributed by atoms with Gasteiger partial charge in [0.15, 0.2) is 5.82 Å². The van der Waals surface area contributed by atoms with Gasteiger partial charge >= 0.3 is 6.01 Å². The Balaban J connectivity index is 1.89. The van der Waals surface area contributed by atoms with Crippen LogP contribution in [0.25, 0.3) is 32.9 Å². The van der Waals surface area contributed by atoms with E-state index >= 15 is 4.39 Å². The summed E-state index contributed by atoms with van der Waals surface area (Å²) in [6.45, 7) is 7.47. The highest BCUT2D eigenvalue weighted by molar-refractivity contribution is 6.36. The molecule has 0 saturated heterocycles. The van der Waals surface area contributed by atoms with E-state index < -0.39 is 11.6 Å². The van der Waals surface area contributed by atoms with Crippen molar-refractivity contribution in [3.63, 3.8) is 0 Å². The summed E-state index contributed by atoms with van der Waals surface area (Å²) in [4.78, 5) is 17.9. The van der Waals surface area contributed by atoms with Crippen LogP contribution in [-0.4, -0.2) is 59.7 Å². The maximum Gasteiger partial charge on any atom is 0.319 e. The fraction of sp³-hybridized carbons (Fsp3) is 0.452. The highest BCUT2D eigenvalue weighted by Crippen LogP contribution is 2.38. The lowest BCUT2D eigenvalue weighted by atomic mass is 9.88. The third-order valence-electron chi connectivity index (χ3n) is 7.60. The van der Waals surface area contributed by atoms with Crippen molar-refractivity contribution in [3.05, 3.63) is 53.2 Å². The zero-order valence-electron chi connectivity index (χ0n) is 24.2. The smallest absolute Gasteiger partial charge is 0.319 e. The zero-order valence-corrected chi connectivity index (χ0v) is 24.9. The van der Waals surface area contributed by atoms with Crippen LogP contribution in [0.2, 0.25) is 5.02 Å². The van der Waals surface area contributed by atoms with Crippen LogP contribution in [0.5, 0.6) is 6.01 Å². The minimum Gasteiger partial charge on any atom is -0.461 e. The lowest BCUT2D eigenvalue weighted by molar-refractivity contribution is 0.0584. The molecule has 0 aliphatic heterocycles. The highest BCUT2D eigenvalue weighted by Gasteiger charge is 2.32. The minimum absolute atomic E-state index is 0.0407. The molecule has 4 aromatic rings. The first kappa shape index (κ1) is 29.9. The summed E-state index contributed by atoms with van der Waals surface area (Å²) in [5.74, 6) is -0.666. The molecule has 2 heterocycles. The lowest BCUT2D eigenvalue weighted by Gasteiger charge is -2.39. The molecule has 4 rings (SSSR count). The number of ether oxygens (including phenoxy) is 1. The molecule has 0 atom stereocenters. The van der Waals surface area contributed by atoms with Crippen molar-refractivity contribution in [3.8, 4) is 17.3 Å². The molecule has 0 amide bonds. The van der Waals surface area contributed by atoms with Gasteiger partial charge in [-0.15, -0.1) is 0 Å². The summed E-state index contributed by atoms with van der Waals surface area (Å²) in [5, 5.41) is 1.49. The number of likely N-dealkylation sites (N-methyl/N-ethyl adjacent to an activating group) is 1. The quantitative estimate of drug-likeness (QED) is 0.173. The Labute approximate surface area is 240 Å². The molecule has 0 fully saturated rings. The number of hydrogen-bond acceptors (Lipinski definition) is 6. The molecule has 0 spiro atoms. The van der Waals surface area contributed by atoms with Crippen LogP contribution >= 0.6 is 11.6 Å². The lowest BCUT2D eigenvalue weighted by Crippen LogP contribution is -2.49. The molecule has 0 aliphatic rings. The molecule has 6 nitrogen and oxygen atoms in total. The fourth-order valence-electron chi connectivity index (χ4n) is 5.49. The maximum absolute atomic E-state index is 16.4. The summed E-state index contributed by atoms with van der Waals surface area (Å²) >= 11 is 6.36. The van der Waals surface area contributed by atoms with E-state index in [1.54, 1.807) is 30.5 Å². The third-order valence-corrected chi connectivity index (χ3v) is 7.97. The summed E-state index contributed by atoms with van der Waals surface area (Å²) < 4.78 is 37.1. The average Bonchev–Trinajstić information content (AvgIpc) is 2.94. The number of hydrogen-bond donors (Lipinski definition) is 0. The number of nitrogens with zero attached hydrogens (tertiary/aromatic N) is 5. The Hall–Kier alpha value is -3.10. The Morgan fingerprint density at radius 2 is 1.68 bits per heavy atom. The molecule has 9 heteroatoms. The van der Waals surface area contributed by atoms with E-state index in [-0.39, 0.29) is 27.8 Å². The Morgan fingerprint density at radius 3 is 2.33 bits per heavy atom. The predicted octanol–water partition coefficient (Wildman–Crippen LogP) is 7.90. The first-order valence-corrected chi connectivity index (χ1v) is 14.3. The standard InChI is InChI=1S/C31H38ClF2N5O/c1-7-15-31(16-8-2,38(4)5)19-40-30-36-28-22(29(37-30)39(6)17-9-3)18-35-27(26(28)34)21-12-10-11-20-13-14-23(33)25(32)24(20)21/h10-14,18H,7-9,15-17,19H2,1-6H3. The summed E-state index contributed by atoms with van der Waals surface area (Å²) in [6.07, 6.45) is 6.35. The van der Waals surface area contributed by atoms with Crippen LogP contribution in [0.3, 0.4) is 0 Å². The molecule has 0 N–H and O–H groups in total. The molecule has 0 saturated carbocycles. The van der Waals surface area contributed by atoms with Crippen molar-refractivity contribution in [1.82, 2.24) is 19.9 Å². The SMILES string of the molecule is CCCN(C)c1nc(OCC(CCC)(CCC)N(C)C)nc2c(F)c(-c3cccc4ccc(F)c(Cl)c34)ncc12. The van der Waals surface area contributed by atoms with Gasteiger partial charge in [-0.1, -0.05) is 69.5 Å². The number of halogens is 3. The first-order valence-electron chi connectivity index (χ1n) is 13.9. The number of rotatable bonds is 12. The molecular formula is C31H38ClF2N5O. The van der Waals surface area contributed by atoms with Crippen LogP contribution in [0.1, 0.15) is 52.9 Å². The minimum atomic E-state index is -0.635. The van der Waals surface area contributed by atoms with Crippen molar-refractivity contribution in [2.24, 2.45) is 0 Å². The van der Waals surface area contributed by atoms with E-state index in [2.05, 4.69) is 49.7 Å². The maximum atomic E-state index is 16.4. The molecule has 0 bridgehead atoms. The van der Waals surface area contributed by atoms with E-state index in [0.29, 0.717) is 40.7 Å². The van der Waals surface area contributed by atoms with Gasteiger partial charge in [0, 0.05) is 30.7 Å². The van der Waals surface area contributed by atoms with Crippen LogP contribution in [-0.2, 0) is 0 Å². The van der Waals surface area contributed by atoms with Gasteiger partial charge < -0.3 is 14.5 Å². The molecule has 214 valence electrons. The van der Waals surface area contributed by atoms with Crippen molar-refractivity contribution in [1.29, 1.82) is 0 Å². The second-order valence-corrected chi connectivity index (χ2v) is 11.0. The van der Waals surface area contributed by atoms with E-state index in [0.717, 1.165) is 32.1 Å². The number of fused-ring (bicyclic) bond motifs is 2. The third kappa shape index (κ3) is 5.70. The second-order valence-electron chi connectivity index (χ2n) is 10.6. The number of aromatic nitrogens is 3. The van der Waals surface area contributed by atoms with Gasteiger partial charge in [0.1, 0.15) is 29.5 Å². The van der Waals surface area contributed by atoms with Gasteiger partial charge in [0.2, 0.25) is 0 Å². The van der Waals surface area contributed by atoms with E-state index in [1.165, 1.54) is 6.07 Å². The molecule has 0 radical (unpaired) electrons. The zero-order chi connectivity index (χ0) is 29.0. The van der Waals surface area contributed by atoms with Gasteiger partial charge in [-0.2, -0.15) is 9.97 Å². The molecular weight excluding hydrogens is 532 g/mol. The van der Waals surface area contributed by atoms with Gasteiger partial charge in [-0.25, -0.2) is 8.78 Å². The molecule has 0 aliphatic carbocycles. The highest BCUT2D eigenvalue weighted by atomic mass is 35.5. The summed E-state index contributed by atoms with van der Waals surface area (Å²) in [7, 11) is 6.03. The molecule has 2 aromatic carbocycles. The van der Waals surface area contributed by atoms with E-state index in [4.69, 9.17) is 21.3 Å². The average molecular weight is 570 g/mol. The predicted molar refractivity (Wildman–Crippen MR) is 160 cm³/mol. The van der Waals surface area contributed by atoms with Gasteiger partial charge in [-0.05, 0) is 44.8 Å². The van der Waals surface area contributed by atoms with Gasteiger partial charge in [0.25, 0.3) is 0 Å². The number of benzene rings is 2. The number of pyridine rings is 1. The largest absolute Gasteiger partial charge is 0.461 e. The normalized spacial score (nSPS) is 12.1. The van der Waals surface area contributed by atoms with Crippen molar-refractivity contribution < 1.29 is 13.5 Å². The molecule has 2 aromatic heterocycles. The van der Waals surface area contributed by atoms with E-state index in [9.17, 15) is 4.39 Å². The van der Waals surface area contributed by atoms with Crippen LogP contribution < -0.4 is 9.64 Å². The first-order chi connectivity index (χ1) is 19.2. The van der Waals surface area contributed by atoms with E-state index in [1.807, 2.05) is 11.9 Å². The van der Waals surface area contributed by atoms with Crippen LogP contribution in [0.4, 0.5) is 14.6 Å².